The highest BCUT2D eigenvalue weighted by Crippen LogP contribution is 2.09. The minimum Gasteiger partial charge on any atom is -0.452 e. The number of tetrazole rings is 1. The Hall–Kier alpha value is -2.81. The molecule has 9 nitrogen and oxygen atoms in total. The number of benzene rings is 1. The van der Waals surface area contributed by atoms with E-state index in [2.05, 4.69) is 15.5 Å². The number of esters is 1. The number of hydrogen-bond donors (Lipinski definition) is 0. The van der Waals surface area contributed by atoms with E-state index in [0.29, 0.717) is 31.9 Å². The SMILES string of the molecule is O=C(OCC(=O)N1CCOCC1)c1ccc(-n2cnnn2)cc1. The van der Waals surface area contributed by atoms with Gasteiger partial charge < -0.3 is 14.4 Å². The highest BCUT2D eigenvalue weighted by molar-refractivity contribution is 5.91. The fourth-order valence-corrected chi connectivity index (χ4v) is 2.14. The van der Waals surface area contributed by atoms with Crippen LogP contribution < -0.4 is 0 Å². The van der Waals surface area contributed by atoms with Gasteiger partial charge >= 0.3 is 5.97 Å². The molecule has 0 radical (unpaired) electrons. The first kappa shape index (κ1) is 15.1. The summed E-state index contributed by atoms with van der Waals surface area (Å²) in [4.78, 5) is 25.5. The molecule has 1 amide bonds. The minimum absolute atomic E-state index is 0.216. The number of amides is 1. The van der Waals surface area contributed by atoms with Crippen molar-refractivity contribution in [3.05, 3.63) is 36.2 Å². The summed E-state index contributed by atoms with van der Waals surface area (Å²) in [7, 11) is 0. The van der Waals surface area contributed by atoms with E-state index in [1.807, 2.05) is 0 Å². The van der Waals surface area contributed by atoms with Crippen LogP contribution in [0.15, 0.2) is 30.6 Å². The quantitative estimate of drug-likeness (QED) is 0.712. The minimum atomic E-state index is -0.546. The second-order valence-corrected chi connectivity index (χ2v) is 4.87. The van der Waals surface area contributed by atoms with Gasteiger partial charge in [0.1, 0.15) is 6.33 Å². The molecule has 1 saturated heterocycles. The van der Waals surface area contributed by atoms with Crippen LogP contribution in [0.5, 0.6) is 0 Å². The highest BCUT2D eigenvalue weighted by Gasteiger charge is 2.18. The van der Waals surface area contributed by atoms with Gasteiger partial charge in [-0.1, -0.05) is 0 Å². The molecule has 2 aromatic rings. The molecule has 0 saturated carbocycles. The smallest absolute Gasteiger partial charge is 0.338 e. The van der Waals surface area contributed by atoms with Gasteiger partial charge in [-0.2, -0.15) is 0 Å². The molecule has 9 heteroatoms. The van der Waals surface area contributed by atoms with Crippen molar-refractivity contribution in [3.8, 4) is 5.69 Å². The van der Waals surface area contributed by atoms with E-state index in [1.165, 1.54) is 11.0 Å². The average molecular weight is 317 g/mol. The summed E-state index contributed by atoms with van der Waals surface area (Å²) in [6.07, 6.45) is 1.45. The zero-order valence-corrected chi connectivity index (χ0v) is 12.3. The number of carbonyl (C=O) groups excluding carboxylic acids is 2. The predicted molar refractivity (Wildman–Crippen MR) is 76.8 cm³/mol. The van der Waals surface area contributed by atoms with Crippen LogP contribution in [-0.2, 0) is 14.3 Å². The third-order valence-corrected chi connectivity index (χ3v) is 3.41. The third-order valence-electron chi connectivity index (χ3n) is 3.41. The van der Waals surface area contributed by atoms with Crippen molar-refractivity contribution in [1.82, 2.24) is 25.1 Å². The molecule has 0 bridgehead atoms. The second kappa shape index (κ2) is 6.97. The van der Waals surface area contributed by atoms with Crippen molar-refractivity contribution in [3.63, 3.8) is 0 Å². The summed E-state index contributed by atoms with van der Waals surface area (Å²) < 4.78 is 11.7. The summed E-state index contributed by atoms with van der Waals surface area (Å²) >= 11 is 0. The van der Waals surface area contributed by atoms with Gasteiger partial charge in [0.25, 0.3) is 5.91 Å². The molecular formula is C14H15N5O4. The second-order valence-electron chi connectivity index (χ2n) is 4.87. The van der Waals surface area contributed by atoms with Gasteiger partial charge in [0.05, 0.1) is 24.5 Å². The predicted octanol–water partition coefficient (Wildman–Crippen LogP) is -0.322. The van der Waals surface area contributed by atoms with Crippen molar-refractivity contribution in [2.45, 2.75) is 0 Å². The Labute approximate surface area is 131 Å². The van der Waals surface area contributed by atoms with E-state index in [0.717, 1.165) is 5.69 Å². The van der Waals surface area contributed by atoms with Crippen molar-refractivity contribution in [2.24, 2.45) is 0 Å². The molecule has 1 fully saturated rings. The number of ether oxygens (including phenoxy) is 2. The maximum atomic E-state index is 12.0. The van der Waals surface area contributed by atoms with E-state index in [1.54, 1.807) is 29.2 Å². The number of carbonyl (C=O) groups is 2. The van der Waals surface area contributed by atoms with Gasteiger partial charge in [0.2, 0.25) is 0 Å². The van der Waals surface area contributed by atoms with E-state index in [4.69, 9.17) is 9.47 Å². The van der Waals surface area contributed by atoms with Gasteiger partial charge in [-0.3, -0.25) is 4.79 Å². The molecule has 3 rings (SSSR count). The molecule has 23 heavy (non-hydrogen) atoms. The number of aromatic nitrogens is 4. The lowest BCUT2D eigenvalue weighted by molar-refractivity contribution is -0.138. The van der Waals surface area contributed by atoms with Crippen molar-refractivity contribution >= 4 is 11.9 Å². The van der Waals surface area contributed by atoms with Crippen molar-refractivity contribution < 1.29 is 19.1 Å². The van der Waals surface area contributed by atoms with Crippen LogP contribution in [-0.4, -0.2) is 69.9 Å². The Morgan fingerprint density at radius 3 is 2.57 bits per heavy atom. The van der Waals surface area contributed by atoms with Gasteiger partial charge in [0.15, 0.2) is 6.61 Å². The lowest BCUT2D eigenvalue weighted by Crippen LogP contribution is -2.42. The van der Waals surface area contributed by atoms with Gasteiger partial charge in [-0.15, -0.1) is 5.10 Å². The number of nitrogens with zero attached hydrogens (tertiary/aromatic N) is 5. The van der Waals surface area contributed by atoms with Crippen LogP contribution in [0.4, 0.5) is 0 Å². The molecule has 1 aromatic carbocycles. The Balaban J connectivity index is 1.54. The molecule has 0 unspecified atom stereocenters. The summed E-state index contributed by atoms with van der Waals surface area (Å²) in [5, 5.41) is 10.8. The van der Waals surface area contributed by atoms with Crippen LogP contribution in [0.1, 0.15) is 10.4 Å². The Morgan fingerprint density at radius 2 is 1.91 bits per heavy atom. The topological polar surface area (TPSA) is 99.4 Å². The number of rotatable bonds is 4. The molecule has 1 aromatic heterocycles. The first-order valence-corrected chi connectivity index (χ1v) is 7.10. The van der Waals surface area contributed by atoms with Crippen LogP contribution in [0.2, 0.25) is 0 Å². The van der Waals surface area contributed by atoms with E-state index < -0.39 is 5.97 Å². The first-order valence-electron chi connectivity index (χ1n) is 7.10. The molecular weight excluding hydrogens is 302 g/mol. The molecule has 1 aliphatic rings. The van der Waals surface area contributed by atoms with Crippen LogP contribution >= 0.6 is 0 Å². The fraction of sp³-hybridized carbons (Fsp3) is 0.357. The lowest BCUT2D eigenvalue weighted by atomic mass is 10.2. The third kappa shape index (κ3) is 3.69. The normalized spacial score (nSPS) is 14.5. The molecule has 0 N–H and O–H groups in total. The van der Waals surface area contributed by atoms with Crippen molar-refractivity contribution in [2.75, 3.05) is 32.9 Å². The van der Waals surface area contributed by atoms with Crippen LogP contribution in [0.3, 0.4) is 0 Å². The van der Waals surface area contributed by atoms with E-state index in [9.17, 15) is 9.59 Å². The lowest BCUT2D eigenvalue weighted by Gasteiger charge is -2.26. The Kier molecular flexibility index (Phi) is 4.57. The molecule has 0 spiro atoms. The zero-order chi connectivity index (χ0) is 16.1. The molecule has 120 valence electrons. The number of hydrogen-bond acceptors (Lipinski definition) is 7. The largest absolute Gasteiger partial charge is 0.452 e. The Morgan fingerprint density at radius 1 is 1.17 bits per heavy atom. The molecule has 0 aliphatic carbocycles. The van der Waals surface area contributed by atoms with Crippen molar-refractivity contribution in [1.29, 1.82) is 0 Å². The van der Waals surface area contributed by atoms with Gasteiger partial charge in [0, 0.05) is 13.1 Å². The summed E-state index contributed by atoms with van der Waals surface area (Å²) in [6.45, 7) is 1.80. The van der Waals surface area contributed by atoms with Crippen LogP contribution in [0, 0.1) is 0 Å². The monoisotopic (exact) mass is 317 g/mol. The Bertz CT molecular complexity index is 665. The fourth-order valence-electron chi connectivity index (χ4n) is 2.14. The molecule has 1 aliphatic heterocycles. The summed E-state index contributed by atoms with van der Waals surface area (Å²) in [5.74, 6) is -0.762. The van der Waals surface area contributed by atoms with Gasteiger partial charge in [-0.05, 0) is 34.7 Å². The highest BCUT2D eigenvalue weighted by atomic mass is 16.5. The standard InChI is InChI=1S/C14H15N5O4/c20-13(18-5-7-22-8-6-18)9-23-14(21)11-1-3-12(4-2-11)19-10-15-16-17-19/h1-4,10H,5-9H2. The van der Waals surface area contributed by atoms with E-state index >= 15 is 0 Å². The number of morpholine rings is 1. The first-order chi connectivity index (χ1) is 11.2. The summed E-state index contributed by atoms with van der Waals surface area (Å²) in [6, 6.07) is 6.57. The van der Waals surface area contributed by atoms with Crippen LogP contribution in [0.25, 0.3) is 5.69 Å². The van der Waals surface area contributed by atoms with E-state index in [-0.39, 0.29) is 12.5 Å². The molecule has 0 atom stereocenters. The maximum Gasteiger partial charge on any atom is 0.338 e. The maximum absolute atomic E-state index is 12.0. The molecule has 2 heterocycles. The van der Waals surface area contributed by atoms with Gasteiger partial charge in [-0.25, -0.2) is 9.48 Å². The zero-order valence-electron chi connectivity index (χ0n) is 12.3. The average Bonchev–Trinajstić information content (AvgIpc) is 3.15. The summed E-state index contributed by atoms with van der Waals surface area (Å²) in [5.41, 5.74) is 1.08.